The van der Waals surface area contributed by atoms with Gasteiger partial charge in [-0.2, -0.15) is 0 Å². The van der Waals surface area contributed by atoms with Crippen molar-refractivity contribution in [2.45, 2.75) is 32.2 Å². The van der Waals surface area contributed by atoms with Crippen LogP contribution >= 0.6 is 11.6 Å². The van der Waals surface area contributed by atoms with Gasteiger partial charge in [0.15, 0.2) is 0 Å². The first-order chi connectivity index (χ1) is 15.9. The van der Waals surface area contributed by atoms with Crippen LogP contribution in [0.15, 0.2) is 36.4 Å². The molecule has 6 nitrogen and oxygen atoms in total. The van der Waals surface area contributed by atoms with Crippen LogP contribution in [0.25, 0.3) is 22.4 Å². The van der Waals surface area contributed by atoms with Gasteiger partial charge >= 0.3 is 0 Å². The summed E-state index contributed by atoms with van der Waals surface area (Å²) in [6, 6.07) is 12.9. The van der Waals surface area contributed by atoms with Crippen molar-refractivity contribution < 1.29 is 4.79 Å². The molecule has 2 aliphatic rings. The van der Waals surface area contributed by atoms with Gasteiger partial charge in [0.05, 0.1) is 16.1 Å². The predicted molar refractivity (Wildman–Crippen MR) is 135 cm³/mol. The maximum atomic E-state index is 13.1. The molecule has 2 saturated heterocycles. The topological polar surface area (TPSA) is 55.5 Å². The second kappa shape index (κ2) is 8.99. The van der Waals surface area contributed by atoms with Gasteiger partial charge in [0.25, 0.3) is 0 Å². The first-order valence-electron chi connectivity index (χ1n) is 11.9. The molecule has 2 fully saturated rings. The molecule has 33 heavy (non-hydrogen) atoms. The molecule has 1 N–H and O–H groups in total. The van der Waals surface area contributed by atoms with Gasteiger partial charge in [0, 0.05) is 49.4 Å². The van der Waals surface area contributed by atoms with E-state index in [2.05, 4.69) is 71.0 Å². The second-order valence-electron chi connectivity index (χ2n) is 9.72. The standard InChI is InChI=1S/C26H32ClN5O/c1-17-4-7-23-24(14-17)29-25(28-23)21-15-19(5-6-22(21)27)31-11-8-18(9-12-31)26(33)32-13-10-20(16-32)30(2)3/h4-7,14-15,18,20H,8-13,16H2,1-3H3,(H,28,29). The molecule has 2 aliphatic heterocycles. The van der Waals surface area contributed by atoms with E-state index in [9.17, 15) is 4.79 Å². The van der Waals surface area contributed by atoms with Crippen molar-refractivity contribution in [2.24, 2.45) is 5.92 Å². The number of carbonyl (C=O) groups is 1. The van der Waals surface area contributed by atoms with E-state index >= 15 is 0 Å². The van der Waals surface area contributed by atoms with Gasteiger partial charge < -0.3 is 19.7 Å². The molecule has 1 aromatic heterocycles. The summed E-state index contributed by atoms with van der Waals surface area (Å²) in [6.45, 7) is 5.58. The van der Waals surface area contributed by atoms with E-state index < -0.39 is 0 Å². The second-order valence-corrected chi connectivity index (χ2v) is 10.1. The van der Waals surface area contributed by atoms with Crippen LogP contribution in [0.4, 0.5) is 5.69 Å². The monoisotopic (exact) mass is 465 g/mol. The van der Waals surface area contributed by atoms with Gasteiger partial charge in [-0.25, -0.2) is 4.98 Å². The highest BCUT2D eigenvalue weighted by atomic mass is 35.5. The number of imidazole rings is 1. The number of aromatic nitrogens is 2. The third-order valence-electron chi connectivity index (χ3n) is 7.26. The summed E-state index contributed by atoms with van der Waals surface area (Å²) >= 11 is 6.57. The Kier molecular flexibility index (Phi) is 6.06. The number of halogens is 1. The van der Waals surface area contributed by atoms with Crippen LogP contribution in [-0.4, -0.2) is 72.0 Å². The number of anilines is 1. The van der Waals surface area contributed by atoms with Crippen molar-refractivity contribution in [1.82, 2.24) is 19.8 Å². The van der Waals surface area contributed by atoms with Crippen molar-refractivity contribution in [3.63, 3.8) is 0 Å². The molecule has 5 rings (SSSR count). The number of carbonyl (C=O) groups excluding carboxylic acids is 1. The number of H-pyrrole nitrogens is 1. The zero-order valence-corrected chi connectivity index (χ0v) is 20.4. The molecule has 0 radical (unpaired) electrons. The molecule has 174 valence electrons. The Labute approximate surface area is 200 Å². The predicted octanol–water partition coefficient (Wildman–Crippen LogP) is 4.57. The lowest BCUT2D eigenvalue weighted by Gasteiger charge is -2.35. The number of benzene rings is 2. The SMILES string of the molecule is Cc1ccc2[nH]c(-c3cc(N4CCC(C(=O)N5CCC(N(C)C)C5)CC4)ccc3Cl)nc2c1. The van der Waals surface area contributed by atoms with E-state index in [1.807, 2.05) is 6.07 Å². The number of fused-ring (bicyclic) bond motifs is 1. The van der Waals surface area contributed by atoms with Gasteiger partial charge in [0.1, 0.15) is 5.82 Å². The van der Waals surface area contributed by atoms with Gasteiger partial charge in [-0.1, -0.05) is 17.7 Å². The summed E-state index contributed by atoms with van der Waals surface area (Å²) in [4.78, 5) is 27.9. The number of hydrogen-bond acceptors (Lipinski definition) is 4. The average Bonchev–Trinajstić information content (AvgIpc) is 3.46. The number of nitrogens with zero attached hydrogens (tertiary/aromatic N) is 4. The van der Waals surface area contributed by atoms with Crippen LogP contribution in [-0.2, 0) is 4.79 Å². The van der Waals surface area contributed by atoms with Gasteiger partial charge in [-0.05, 0) is 76.2 Å². The maximum Gasteiger partial charge on any atom is 0.225 e. The first kappa shape index (κ1) is 22.2. The number of hydrogen-bond donors (Lipinski definition) is 1. The lowest BCUT2D eigenvalue weighted by molar-refractivity contribution is -0.135. The van der Waals surface area contributed by atoms with E-state index in [0.717, 1.165) is 73.6 Å². The molecule has 1 atom stereocenters. The maximum absolute atomic E-state index is 13.1. The van der Waals surface area contributed by atoms with Gasteiger partial charge in [-0.3, -0.25) is 4.79 Å². The highest BCUT2D eigenvalue weighted by Crippen LogP contribution is 2.33. The third kappa shape index (κ3) is 4.46. The zero-order valence-electron chi connectivity index (χ0n) is 19.6. The molecule has 1 unspecified atom stereocenters. The Balaban J connectivity index is 1.28. The van der Waals surface area contributed by atoms with Crippen LogP contribution in [0.3, 0.4) is 0 Å². The van der Waals surface area contributed by atoms with Crippen LogP contribution in [0, 0.1) is 12.8 Å². The van der Waals surface area contributed by atoms with Crippen LogP contribution in [0.5, 0.6) is 0 Å². The van der Waals surface area contributed by atoms with E-state index in [4.69, 9.17) is 16.6 Å². The Morgan fingerprint density at radius 3 is 2.61 bits per heavy atom. The number of likely N-dealkylation sites (N-methyl/N-ethyl adjacent to an activating group) is 1. The van der Waals surface area contributed by atoms with Crippen molar-refractivity contribution in [1.29, 1.82) is 0 Å². The fourth-order valence-corrected chi connectivity index (χ4v) is 5.35. The van der Waals surface area contributed by atoms with Crippen LogP contribution < -0.4 is 4.90 Å². The fourth-order valence-electron chi connectivity index (χ4n) is 5.14. The Morgan fingerprint density at radius 1 is 1.09 bits per heavy atom. The van der Waals surface area contributed by atoms with Crippen molar-refractivity contribution in [3.8, 4) is 11.4 Å². The van der Waals surface area contributed by atoms with Crippen molar-refractivity contribution in [2.75, 3.05) is 45.2 Å². The lowest BCUT2D eigenvalue weighted by atomic mass is 9.95. The summed E-state index contributed by atoms with van der Waals surface area (Å²) in [6.07, 6.45) is 2.86. The lowest BCUT2D eigenvalue weighted by Crippen LogP contribution is -2.43. The number of nitrogens with one attached hydrogen (secondary N) is 1. The normalized spacial score (nSPS) is 19.7. The smallest absolute Gasteiger partial charge is 0.225 e. The molecule has 3 heterocycles. The molecule has 0 spiro atoms. The fraction of sp³-hybridized carbons (Fsp3) is 0.462. The molecular formula is C26H32ClN5O. The van der Waals surface area contributed by atoms with E-state index in [0.29, 0.717) is 17.0 Å². The number of piperidine rings is 1. The molecule has 0 saturated carbocycles. The molecule has 1 amide bonds. The van der Waals surface area contributed by atoms with Gasteiger partial charge in [-0.15, -0.1) is 0 Å². The zero-order chi connectivity index (χ0) is 23.1. The number of likely N-dealkylation sites (tertiary alicyclic amines) is 1. The molecule has 0 aliphatic carbocycles. The van der Waals surface area contributed by atoms with Crippen LogP contribution in [0.1, 0.15) is 24.8 Å². The number of amides is 1. The molecule has 2 aromatic carbocycles. The van der Waals surface area contributed by atoms with E-state index in [-0.39, 0.29) is 5.92 Å². The Morgan fingerprint density at radius 2 is 1.88 bits per heavy atom. The minimum Gasteiger partial charge on any atom is -0.371 e. The number of aryl methyl sites for hydroxylation is 1. The molecule has 7 heteroatoms. The van der Waals surface area contributed by atoms with E-state index in [1.165, 1.54) is 5.56 Å². The number of aromatic amines is 1. The van der Waals surface area contributed by atoms with Crippen molar-refractivity contribution >= 4 is 34.2 Å². The first-order valence-corrected chi connectivity index (χ1v) is 12.2. The summed E-state index contributed by atoms with van der Waals surface area (Å²) < 4.78 is 0. The van der Waals surface area contributed by atoms with E-state index in [1.54, 1.807) is 0 Å². The number of rotatable bonds is 4. The van der Waals surface area contributed by atoms with Crippen molar-refractivity contribution in [3.05, 3.63) is 47.0 Å². The summed E-state index contributed by atoms with van der Waals surface area (Å²) in [7, 11) is 4.20. The molecular weight excluding hydrogens is 434 g/mol. The highest BCUT2D eigenvalue weighted by Gasteiger charge is 2.33. The summed E-state index contributed by atoms with van der Waals surface area (Å²) in [5.74, 6) is 1.26. The minimum absolute atomic E-state index is 0.132. The highest BCUT2D eigenvalue weighted by molar-refractivity contribution is 6.33. The third-order valence-corrected chi connectivity index (χ3v) is 7.59. The summed E-state index contributed by atoms with van der Waals surface area (Å²) in [5.41, 5.74) is 5.18. The Hall–Kier alpha value is -2.57. The quantitative estimate of drug-likeness (QED) is 0.613. The Bertz CT molecular complexity index is 1160. The molecule has 0 bridgehead atoms. The summed E-state index contributed by atoms with van der Waals surface area (Å²) in [5, 5.41) is 0.684. The van der Waals surface area contributed by atoms with Crippen LogP contribution in [0.2, 0.25) is 5.02 Å². The molecule has 3 aromatic rings. The average molecular weight is 466 g/mol. The minimum atomic E-state index is 0.132. The van der Waals surface area contributed by atoms with Gasteiger partial charge in [0.2, 0.25) is 5.91 Å². The largest absolute Gasteiger partial charge is 0.371 e.